The van der Waals surface area contributed by atoms with Crippen molar-refractivity contribution in [1.29, 1.82) is 0 Å². The van der Waals surface area contributed by atoms with Crippen LogP contribution < -0.4 is 15.4 Å². The molecule has 0 aliphatic rings. The molecule has 6 nitrogen and oxygen atoms in total. The first-order valence-electron chi connectivity index (χ1n) is 6.50. The number of carbonyl (C=O) groups is 2. The Morgan fingerprint density at radius 2 is 1.81 bits per heavy atom. The van der Waals surface area contributed by atoms with Crippen molar-refractivity contribution >= 4 is 23.4 Å². The first-order chi connectivity index (χ1) is 10.1. The second-order valence-corrected chi connectivity index (χ2v) is 4.26. The predicted molar refractivity (Wildman–Crippen MR) is 78.6 cm³/mol. The lowest BCUT2D eigenvalue weighted by molar-refractivity contribution is -0.114. The first kappa shape index (κ1) is 14.6. The summed E-state index contributed by atoms with van der Waals surface area (Å²) in [4.78, 5) is 22.9. The second-order valence-electron chi connectivity index (χ2n) is 4.26. The largest absolute Gasteiger partial charge is 0.494 e. The molecule has 2 rings (SSSR count). The Labute approximate surface area is 122 Å². The summed E-state index contributed by atoms with van der Waals surface area (Å²) < 4.78 is 10.5. The molecule has 0 bridgehead atoms. The normalized spacial score (nSPS) is 10.0. The highest BCUT2D eigenvalue weighted by molar-refractivity contribution is 6.02. The molecule has 6 heteroatoms. The molecule has 0 atom stereocenters. The molecule has 0 aliphatic carbocycles. The zero-order chi connectivity index (χ0) is 15.2. The summed E-state index contributed by atoms with van der Waals surface area (Å²) in [7, 11) is 0. The first-order valence-corrected chi connectivity index (χ1v) is 6.50. The number of amides is 2. The highest BCUT2D eigenvalue weighted by Crippen LogP contribution is 2.18. The zero-order valence-corrected chi connectivity index (χ0v) is 11.8. The van der Waals surface area contributed by atoms with Crippen LogP contribution >= 0.6 is 0 Å². The minimum Gasteiger partial charge on any atom is -0.494 e. The van der Waals surface area contributed by atoms with E-state index in [1.807, 2.05) is 6.92 Å². The number of furan rings is 1. The summed E-state index contributed by atoms with van der Waals surface area (Å²) in [5, 5.41) is 5.16. The summed E-state index contributed by atoms with van der Waals surface area (Å²) >= 11 is 0. The molecular weight excluding hydrogens is 272 g/mol. The quantitative estimate of drug-likeness (QED) is 0.886. The second kappa shape index (κ2) is 6.60. The van der Waals surface area contributed by atoms with Crippen molar-refractivity contribution < 1.29 is 18.7 Å². The van der Waals surface area contributed by atoms with Gasteiger partial charge in [-0.15, -0.1) is 0 Å². The predicted octanol–water partition coefficient (Wildman–Crippen LogP) is 2.89. The molecule has 0 radical (unpaired) electrons. The summed E-state index contributed by atoms with van der Waals surface area (Å²) in [6.45, 7) is 3.85. The maximum absolute atomic E-state index is 12.0. The van der Waals surface area contributed by atoms with Crippen molar-refractivity contribution in [3.63, 3.8) is 0 Å². The Balaban J connectivity index is 2.00. The van der Waals surface area contributed by atoms with Gasteiger partial charge in [-0.1, -0.05) is 0 Å². The third kappa shape index (κ3) is 4.10. The van der Waals surface area contributed by atoms with Gasteiger partial charge >= 0.3 is 0 Å². The molecule has 1 aromatic heterocycles. The number of nitrogens with one attached hydrogen (secondary N) is 2. The summed E-state index contributed by atoms with van der Waals surface area (Å²) in [5.74, 6) is 0.437. The van der Waals surface area contributed by atoms with Crippen molar-refractivity contribution in [3.05, 3.63) is 42.2 Å². The molecule has 110 valence electrons. The smallest absolute Gasteiger partial charge is 0.291 e. The number of anilines is 2. The van der Waals surface area contributed by atoms with Crippen LogP contribution in [0.5, 0.6) is 5.75 Å². The number of ether oxygens (including phenoxy) is 1. The van der Waals surface area contributed by atoms with E-state index in [-0.39, 0.29) is 17.6 Å². The Kier molecular flexibility index (Phi) is 4.61. The zero-order valence-electron chi connectivity index (χ0n) is 11.8. The van der Waals surface area contributed by atoms with E-state index >= 15 is 0 Å². The lowest BCUT2D eigenvalue weighted by Gasteiger charge is -2.05. The highest BCUT2D eigenvalue weighted by atomic mass is 16.5. The number of rotatable bonds is 5. The molecule has 0 aliphatic heterocycles. The van der Waals surface area contributed by atoms with E-state index in [9.17, 15) is 9.59 Å². The number of hydrogen-bond acceptors (Lipinski definition) is 4. The van der Waals surface area contributed by atoms with Crippen LogP contribution in [0.25, 0.3) is 0 Å². The monoisotopic (exact) mass is 288 g/mol. The number of hydrogen-bond donors (Lipinski definition) is 2. The van der Waals surface area contributed by atoms with Crippen LogP contribution in [0.3, 0.4) is 0 Å². The standard InChI is InChI=1S/C15H16N2O4/c1-3-20-12-6-4-11(5-7-12)17-15(19)13-8-9-14(21-13)16-10(2)18/h4-9H,3H2,1-2H3,(H,16,18)(H,17,19). The molecule has 0 spiro atoms. The molecule has 1 heterocycles. The third-order valence-corrected chi connectivity index (χ3v) is 2.55. The van der Waals surface area contributed by atoms with E-state index in [1.165, 1.54) is 19.1 Å². The Morgan fingerprint density at radius 1 is 1.10 bits per heavy atom. The van der Waals surface area contributed by atoms with Gasteiger partial charge in [0.15, 0.2) is 11.6 Å². The van der Waals surface area contributed by atoms with Gasteiger partial charge in [-0.3, -0.25) is 14.9 Å². The maximum Gasteiger partial charge on any atom is 0.291 e. The van der Waals surface area contributed by atoms with Gasteiger partial charge in [0.1, 0.15) is 5.75 Å². The van der Waals surface area contributed by atoms with E-state index in [1.54, 1.807) is 24.3 Å². The Morgan fingerprint density at radius 3 is 2.43 bits per heavy atom. The molecule has 1 aromatic carbocycles. The van der Waals surface area contributed by atoms with Gasteiger partial charge in [-0.25, -0.2) is 0 Å². The minimum absolute atomic E-state index is 0.118. The lowest BCUT2D eigenvalue weighted by atomic mass is 10.3. The molecule has 2 aromatic rings. The average Bonchev–Trinajstić information content (AvgIpc) is 2.89. The Hall–Kier alpha value is -2.76. The lowest BCUT2D eigenvalue weighted by Crippen LogP contribution is -2.11. The van der Waals surface area contributed by atoms with Gasteiger partial charge < -0.3 is 14.5 Å². The van der Waals surface area contributed by atoms with Crippen LogP contribution in [0.4, 0.5) is 11.6 Å². The van der Waals surface area contributed by atoms with Gasteiger partial charge in [0, 0.05) is 18.7 Å². The Bertz CT molecular complexity index is 631. The van der Waals surface area contributed by atoms with Crippen molar-refractivity contribution in [2.24, 2.45) is 0 Å². The van der Waals surface area contributed by atoms with Gasteiger partial charge in [-0.2, -0.15) is 0 Å². The van der Waals surface area contributed by atoms with Crippen LogP contribution in [0.1, 0.15) is 24.4 Å². The highest BCUT2D eigenvalue weighted by Gasteiger charge is 2.12. The molecule has 0 saturated heterocycles. The third-order valence-electron chi connectivity index (χ3n) is 2.55. The molecule has 0 saturated carbocycles. The average molecular weight is 288 g/mol. The summed E-state index contributed by atoms with van der Waals surface area (Å²) in [6.07, 6.45) is 0. The molecule has 0 fully saturated rings. The van der Waals surface area contributed by atoms with Crippen molar-refractivity contribution in [2.45, 2.75) is 13.8 Å². The number of benzene rings is 1. The minimum atomic E-state index is -0.393. The fourth-order valence-electron chi connectivity index (χ4n) is 1.69. The van der Waals surface area contributed by atoms with Crippen LogP contribution in [-0.2, 0) is 4.79 Å². The van der Waals surface area contributed by atoms with E-state index < -0.39 is 5.91 Å². The van der Waals surface area contributed by atoms with E-state index in [0.29, 0.717) is 12.3 Å². The topological polar surface area (TPSA) is 80.6 Å². The fourth-order valence-corrected chi connectivity index (χ4v) is 1.69. The molecule has 21 heavy (non-hydrogen) atoms. The summed E-state index contributed by atoms with van der Waals surface area (Å²) in [5.41, 5.74) is 0.626. The van der Waals surface area contributed by atoms with E-state index in [0.717, 1.165) is 5.75 Å². The summed E-state index contributed by atoms with van der Waals surface area (Å²) in [6, 6.07) is 10.0. The molecule has 2 amide bonds. The molecular formula is C15H16N2O4. The van der Waals surface area contributed by atoms with Gasteiger partial charge in [-0.05, 0) is 37.3 Å². The SMILES string of the molecule is CCOc1ccc(NC(=O)c2ccc(NC(C)=O)o2)cc1. The van der Waals surface area contributed by atoms with Crippen LogP contribution in [0, 0.1) is 0 Å². The van der Waals surface area contributed by atoms with Crippen molar-refractivity contribution in [2.75, 3.05) is 17.2 Å². The van der Waals surface area contributed by atoms with Crippen LogP contribution in [-0.4, -0.2) is 18.4 Å². The molecule has 0 unspecified atom stereocenters. The van der Waals surface area contributed by atoms with Crippen molar-refractivity contribution in [3.8, 4) is 5.75 Å². The molecule has 2 N–H and O–H groups in total. The van der Waals surface area contributed by atoms with Crippen molar-refractivity contribution in [1.82, 2.24) is 0 Å². The fraction of sp³-hybridized carbons (Fsp3) is 0.200. The van der Waals surface area contributed by atoms with Crippen LogP contribution in [0.15, 0.2) is 40.8 Å². The van der Waals surface area contributed by atoms with Gasteiger partial charge in [0.2, 0.25) is 5.91 Å². The van der Waals surface area contributed by atoms with E-state index in [4.69, 9.17) is 9.15 Å². The maximum atomic E-state index is 12.0. The van der Waals surface area contributed by atoms with Crippen LogP contribution in [0.2, 0.25) is 0 Å². The van der Waals surface area contributed by atoms with E-state index in [2.05, 4.69) is 10.6 Å². The number of carbonyl (C=O) groups excluding carboxylic acids is 2. The van der Waals surface area contributed by atoms with Gasteiger partial charge in [0.05, 0.1) is 6.61 Å². The van der Waals surface area contributed by atoms with Gasteiger partial charge in [0.25, 0.3) is 5.91 Å².